The van der Waals surface area contributed by atoms with Crippen molar-refractivity contribution in [2.45, 2.75) is 39.0 Å². The number of thioether (sulfide) groups is 1. The lowest BCUT2D eigenvalue weighted by molar-refractivity contribution is -0.117. The fourth-order valence-corrected chi connectivity index (χ4v) is 3.59. The summed E-state index contributed by atoms with van der Waals surface area (Å²) >= 11 is 1.95. The number of carbonyl (C=O) groups excluding carboxylic acids is 2. The topological polar surface area (TPSA) is 49.4 Å². The first-order chi connectivity index (χ1) is 11.2. The SMILES string of the molecule is CCCCSCCCNC(=O)c1ccc(N2CCCC2=O)cc1. The van der Waals surface area contributed by atoms with Crippen LogP contribution < -0.4 is 10.2 Å². The first-order valence-corrected chi connectivity index (χ1v) is 9.64. The first-order valence-electron chi connectivity index (χ1n) is 8.48. The number of nitrogens with one attached hydrogen (secondary N) is 1. The van der Waals surface area contributed by atoms with E-state index in [9.17, 15) is 9.59 Å². The second-order valence-electron chi connectivity index (χ2n) is 5.77. The summed E-state index contributed by atoms with van der Waals surface area (Å²) in [5.74, 6) is 2.43. The lowest BCUT2D eigenvalue weighted by Crippen LogP contribution is -2.26. The Kier molecular flexibility index (Phi) is 7.46. The molecular weight excluding hydrogens is 308 g/mol. The molecule has 0 spiro atoms. The maximum atomic E-state index is 12.1. The summed E-state index contributed by atoms with van der Waals surface area (Å²) in [5.41, 5.74) is 1.54. The van der Waals surface area contributed by atoms with Crippen LogP contribution in [0.3, 0.4) is 0 Å². The molecular formula is C18H26N2O2S. The third-order valence-electron chi connectivity index (χ3n) is 3.91. The third-order valence-corrected chi connectivity index (χ3v) is 5.06. The molecule has 1 heterocycles. The van der Waals surface area contributed by atoms with Gasteiger partial charge >= 0.3 is 0 Å². The Morgan fingerprint density at radius 1 is 1.22 bits per heavy atom. The Hall–Kier alpha value is -1.49. The second kappa shape index (κ2) is 9.60. The average molecular weight is 334 g/mol. The van der Waals surface area contributed by atoms with E-state index in [2.05, 4.69) is 12.2 Å². The highest BCUT2D eigenvalue weighted by Gasteiger charge is 2.21. The highest BCUT2D eigenvalue weighted by atomic mass is 32.2. The van der Waals surface area contributed by atoms with Gasteiger partial charge in [-0.2, -0.15) is 11.8 Å². The lowest BCUT2D eigenvalue weighted by atomic mass is 10.2. The summed E-state index contributed by atoms with van der Waals surface area (Å²) in [6.07, 6.45) is 5.04. The van der Waals surface area contributed by atoms with Crippen molar-refractivity contribution in [3.05, 3.63) is 29.8 Å². The fourth-order valence-electron chi connectivity index (χ4n) is 2.54. The molecule has 1 saturated heterocycles. The minimum Gasteiger partial charge on any atom is -0.352 e. The van der Waals surface area contributed by atoms with Crippen molar-refractivity contribution in [3.8, 4) is 0 Å². The average Bonchev–Trinajstić information content (AvgIpc) is 3.00. The van der Waals surface area contributed by atoms with E-state index in [0.717, 1.165) is 30.8 Å². The van der Waals surface area contributed by atoms with Crippen molar-refractivity contribution < 1.29 is 9.59 Å². The van der Waals surface area contributed by atoms with Crippen LogP contribution in [-0.2, 0) is 4.79 Å². The summed E-state index contributed by atoms with van der Waals surface area (Å²) in [4.78, 5) is 25.6. The summed E-state index contributed by atoms with van der Waals surface area (Å²) < 4.78 is 0. The van der Waals surface area contributed by atoms with Crippen LogP contribution in [0.5, 0.6) is 0 Å². The Labute approximate surface area is 143 Å². The van der Waals surface area contributed by atoms with E-state index in [1.165, 1.54) is 18.6 Å². The number of amides is 2. The zero-order valence-corrected chi connectivity index (χ0v) is 14.7. The van der Waals surface area contributed by atoms with Gasteiger partial charge in [0.05, 0.1) is 0 Å². The van der Waals surface area contributed by atoms with E-state index in [4.69, 9.17) is 0 Å². The van der Waals surface area contributed by atoms with Gasteiger partial charge in [0, 0.05) is 30.8 Å². The highest BCUT2D eigenvalue weighted by molar-refractivity contribution is 7.99. The molecule has 1 aliphatic rings. The van der Waals surface area contributed by atoms with Crippen LogP contribution in [0.25, 0.3) is 0 Å². The molecule has 0 bridgehead atoms. The molecule has 4 nitrogen and oxygen atoms in total. The van der Waals surface area contributed by atoms with E-state index >= 15 is 0 Å². The first kappa shape index (κ1) is 17.9. The van der Waals surface area contributed by atoms with Crippen LogP contribution in [0.4, 0.5) is 5.69 Å². The molecule has 2 rings (SSSR count). The predicted octanol–water partition coefficient (Wildman–Crippen LogP) is 3.47. The van der Waals surface area contributed by atoms with Gasteiger partial charge in [-0.3, -0.25) is 9.59 Å². The maximum absolute atomic E-state index is 12.1. The van der Waals surface area contributed by atoms with Crippen molar-refractivity contribution in [2.75, 3.05) is 29.5 Å². The zero-order valence-electron chi connectivity index (χ0n) is 13.8. The largest absolute Gasteiger partial charge is 0.352 e. The van der Waals surface area contributed by atoms with Crippen molar-refractivity contribution in [2.24, 2.45) is 0 Å². The molecule has 1 aliphatic heterocycles. The molecule has 0 aromatic heterocycles. The number of hydrogen-bond donors (Lipinski definition) is 1. The maximum Gasteiger partial charge on any atom is 0.251 e. The van der Waals surface area contributed by atoms with Gasteiger partial charge in [0.1, 0.15) is 0 Å². The Bertz CT molecular complexity index is 516. The van der Waals surface area contributed by atoms with Gasteiger partial charge < -0.3 is 10.2 Å². The monoisotopic (exact) mass is 334 g/mol. The van der Waals surface area contributed by atoms with Crippen molar-refractivity contribution in [1.82, 2.24) is 5.32 Å². The van der Waals surface area contributed by atoms with E-state index in [1.807, 2.05) is 23.9 Å². The van der Waals surface area contributed by atoms with Crippen molar-refractivity contribution in [1.29, 1.82) is 0 Å². The molecule has 0 aliphatic carbocycles. The normalized spacial score (nSPS) is 14.3. The van der Waals surface area contributed by atoms with Crippen molar-refractivity contribution >= 4 is 29.3 Å². The summed E-state index contributed by atoms with van der Waals surface area (Å²) in [6.45, 7) is 3.69. The van der Waals surface area contributed by atoms with E-state index < -0.39 is 0 Å². The van der Waals surface area contributed by atoms with Gasteiger partial charge in [0.25, 0.3) is 5.91 Å². The van der Waals surface area contributed by atoms with Crippen LogP contribution >= 0.6 is 11.8 Å². The molecule has 0 radical (unpaired) electrons. The van der Waals surface area contributed by atoms with E-state index in [1.54, 1.807) is 17.0 Å². The Morgan fingerprint density at radius 3 is 2.61 bits per heavy atom. The summed E-state index contributed by atoms with van der Waals surface area (Å²) in [5, 5.41) is 2.95. The summed E-state index contributed by atoms with van der Waals surface area (Å²) in [7, 11) is 0. The molecule has 2 amide bonds. The quantitative estimate of drug-likeness (QED) is 0.704. The predicted molar refractivity (Wildman–Crippen MR) is 97.2 cm³/mol. The molecule has 1 aromatic carbocycles. The van der Waals surface area contributed by atoms with Gasteiger partial charge in [-0.25, -0.2) is 0 Å². The molecule has 23 heavy (non-hydrogen) atoms. The molecule has 1 aromatic rings. The van der Waals surface area contributed by atoms with Gasteiger partial charge in [0.2, 0.25) is 5.91 Å². The van der Waals surface area contributed by atoms with Crippen LogP contribution in [0, 0.1) is 0 Å². The third kappa shape index (κ3) is 5.57. The molecule has 0 unspecified atom stereocenters. The number of rotatable bonds is 9. The van der Waals surface area contributed by atoms with Gasteiger partial charge in [-0.05, 0) is 55.0 Å². The number of unbranched alkanes of at least 4 members (excludes halogenated alkanes) is 1. The molecule has 126 valence electrons. The van der Waals surface area contributed by atoms with E-state index in [-0.39, 0.29) is 11.8 Å². The minimum absolute atomic E-state index is 0.0390. The number of hydrogen-bond acceptors (Lipinski definition) is 3. The molecule has 1 N–H and O–H groups in total. The molecule has 5 heteroatoms. The van der Waals surface area contributed by atoms with E-state index in [0.29, 0.717) is 18.5 Å². The van der Waals surface area contributed by atoms with Crippen molar-refractivity contribution in [3.63, 3.8) is 0 Å². The lowest BCUT2D eigenvalue weighted by Gasteiger charge is -2.15. The number of anilines is 1. The number of nitrogens with zero attached hydrogens (tertiary/aromatic N) is 1. The number of benzene rings is 1. The zero-order chi connectivity index (χ0) is 16.5. The van der Waals surface area contributed by atoms with Gasteiger partial charge in [0.15, 0.2) is 0 Å². The van der Waals surface area contributed by atoms with Crippen LogP contribution in [-0.4, -0.2) is 36.4 Å². The van der Waals surface area contributed by atoms with Gasteiger partial charge in [-0.15, -0.1) is 0 Å². The van der Waals surface area contributed by atoms with Crippen LogP contribution in [0.1, 0.15) is 49.4 Å². The standard InChI is InChI=1S/C18H26N2O2S/c1-2-3-13-23-14-5-11-19-18(22)15-7-9-16(10-8-15)20-12-4-6-17(20)21/h7-10H,2-6,11-14H2,1H3,(H,19,22). The second-order valence-corrected chi connectivity index (χ2v) is 7.00. The molecule has 1 fully saturated rings. The Morgan fingerprint density at radius 2 is 1.96 bits per heavy atom. The fraction of sp³-hybridized carbons (Fsp3) is 0.556. The minimum atomic E-state index is -0.0390. The highest BCUT2D eigenvalue weighted by Crippen LogP contribution is 2.21. The molecule has 0 saturated carbocycles. The van der Waals surface area contributed by atoms with Crippen LogP contribution in [0.15, 0.2) is 24.3 Å². The smallest absolute Gasteiger partial charge is 0.251 e. The van der Waals surface area contributed by atoms with Gasteiger partial charge in [-0.1, -0.05) is 13.3 Å². The Balaban J connectivity index is 1.71. The van der Waals surface area contributed by atoms with Crippen LogP contribution in [0.2, 0.25) is 0 Å². The molecule has 0 atom stereocenters. The summed E-state index contributed by atoms with van der Waals surface area (Å²) in [6, 6.07) is 7.32. The number of carbonyl (C=O) groups is 2.